The summed E-state index contributed by atoms with van der Waals surface area (Å²) < 4.78 is 7.17. The van der Waals surface area contributed by atoms with Gasteiger partial charge in [-0.3, -0.25) is 4.79 Å². The molecule has 0 aliphatic carbocycles. The maximum absolute atomic E-state index is 13.8. The van der Waals surface area contributed by atoms with E-state index in [0.717, 1.165) is 11.1 Å². The zero-order valence-corrected chi connectivity index (χ0v) is 22.6. The Morgan fingerprint density at radius 1 is 1.05 bits per heavy atom. The van der Waals surface area contributed by atoms with Crippen LogP contribution in [0.3, 0.4) is 0 Å². The molecule has 0 saturated heterocycles. The molecule has 3 aromatic carbocycles. The number of benzene rings is 3. The second-order valence-corrected chi connectivity index (χ2v) is 10.5. The summed E-state index contributed by atoms with van der Waals surface area (Å²) in [5, 5.41) is 20.5. The number of ether oxygens (including phenoxy) is 1. The number of carbonyl (C=O) groups is 1. The van der Waals surface area contributed by atoms with Crippen LogP contribution in [0.2, 0.25) is 0 Å². The number of hydrogen-bond acceptors (Lipinski definition) is 6. The highest BCUT2D eigenvalue weighted by molar-refractivity contribution is 6.06. The van der Waals surface area contributed by atoms with E-state index in [4.69, 9.17) is 14.8 Å². The first kappa shape index (κ1) is 25.7. The van der Waals surface area contributed by atoms with Crippen LogP contribution >= 0.6 is 0 Å². The van der Waals surface area contributed by atoms with Crippen LogP contribution < -0.4 is 15.4 Å². The van der Waals surface area contributed by atoms with E-state index in [0.29, 0.717) is 40.0 Å². The molecule has 4 aromatic rings. The Morgan fingerprint density at radius 2 is 1.74 bits per heavy atom. The Labute approximate surface area is 228 Å². The van der Waals surface area contributed by atoms with E-state index in [9.17, 15) is 10.1 Å². The Balaban J connectivity index is 1.58. The lowest BCUT2D eigenvalue weighted by Crippen LogP contribution is -2.31. The van der Waals surface area contributed by atoms with Crippen LogP contribution in [-0.2, 0) is 10.2 Å². The molecule has 1 amide bonds. The van der Waals surface area contributed by atoms with E-state index in [1.165, 1.54) is 5.56 Å². The third kappa shape index (κ3) is 4.99. The van der Waals surface area contributed by atoms with Gasteiger partial charge in [0, 0.05) is 11.3 Å². The van der Waals surface area contributed by atoms with E-state index >= 15 is 0 Å². The second kappa shape index (κ2) is 10.1. The highest BCUT2D eigenvalue weighted by Crippen LogP contribution is 2.37. The summed E-state index contributed by atoms with van der Waals surface area (Å²) in [6.45, 7) is 8.37. The van der Waals surface area contributed by atoms with E-state index in [1.54, 1.807) is 36.1 Å². The van der Waals surface area contributed by atoms with Gasteiger partial charge in [0.15, 0.2) is 5.82 Å². The van der Waals surface area contributed by atoms with Crippen molar-refractivity contribution in [3.63, 3.8) is 0 Å². The van der Waals surface area contributed by atoms with Gasteiger partial charge in [-0.15, -0.1) is 5.10 Å². The van der Waals surface area contributed by atoms with Crippen molar-refractivity contribution < 1.29 is 9.53 Å². The fourth-order valence-electron chi connectivity index (χ4n) is 4.67. The lowest BCUT2D eigenvalue weighted by Gasteiger charge is -2.28. The molecular formula is C31H30N6O2. The summed E-state index contributed by atoms with van der Waals surface area (Å²) in [4.78, 5) is 18.6. The average Bonchev–Trinajstić information content (AvgIpc) is 3.36. The number of aromatic nitrogens is 3. The lowest BCUT2D eigenvalue weighted by atomic mass is 9.87. The number of fused-ring (bicyclic) bond motifs is 1. The summed E-state index contributed by atoms with van der Waals surface area (Å²) in [5.74, 6) is 1.35. The molecule has 5 rings (SSSR count). The van der Waals surface area contributed by atoms with Crippen LogP contribution in [-0.4, -0.2) is 27.8 Å². The normalized spacial score (nSPS) is 14.7. The zero-order chi connectivity index (χ0) is 27.7. The van der Waals surface area contributed by atoms with Gasteiger partial charge >= 0.3 is 0 Å². The zero-order valence-electron chi connectivity index (χ0n) is 22.6. The molecule has 196 valence electrons. The number of para-hydroxylation sites is 2. The maximum Gasteiger partial charge on any atom is 0.255 e. The largest absolute Gasteiger partial charge is 0.495 e. The Morgan fingerprint density at radius 3 is 2.38 bits per heavy atom. The topological polar surface area (TPSA) is 105 Å². The van der Waals surface area contributed by atoms with Gasteiger partial charge in [-0.05, 0) is 47.7 Å². The molecule has 39 heavy (non-hydrogen) atoms. The minimum absolute atomic E-state index is 0.0341. The van der Waals surface area contributed by atoms with Crippen molar-refractivity contribution in [1.82, 2.24) is 14.8 Å². The van der Waals surface area contributed by atoms with Crippen molar-refractivity contribution in [1.29, 1.82) is 5.26 Å². The molecule has 1 aliphatic rings. The molecule has 0 saturated carbocycles. The minimum Gasteiger partial charge on any atom is -0.495 e. The first-order valence-corrected chi connectivity index (χ1v) is 12.7. The van der Waals surface area contributed by atoms with Crippen LogP contribution in [0.4, 0.5) is 11.6 Å². The van der Waals surface area contributed by atoms with Gasteiger partial charge in [-0.1, -0.05) is 69.3 Å². The number of amides is 1. The second-order valence-electron chi connectivity index (χ2n) is 10.5. The number of carbonyl (C=O) groups excluding carboxylic acids is 1. The monoisotopic (exact) mass is 518 g/mol. The van der Waals surface area contributed by atoms with Gasteiger partial charge in [-0.2, -0.15) is 10.2 Å². The minimum atomic E-state index is -0.571. The summed E-state index contributed by atoms with van der Waals surface area (Å²) in [6, 6.07) is 24.3. The molecule has 0 bridgehead atoms. The van der Waals surface area contributed by atoms with Crippen molar-refractivity contribution in [2.45, 2.75) is 39.2 Å². The first-order chi connectivity index (χ1) is 18.7. The standard InChI is InChI=1S/C31H30N6O2/c1-19-26(29(38)34-24-8-6-7-9-25(24)39-5)27(21-12-10-20(18-32)11-13-21)37-30(33-19)35-28(36-37)22-14-16-23(17-15-22)31(2,3)4/h6-17,27H,1-5H3,(H,34,38)(H,33,35,36). The summed E-state index contributed by atoms with van der Waals surface area (Å²) in [7, 11) is 1.56. The molecule has 8 heteroatoms. The first-order valence-electron chi connectivity index (χ1n) is 12.7. The van der Waals surface area contributed by atoms with Gasteiger partial charge < -0.3 is 15.4 Å². The molecule has 8 nitrogen and oxygen atoms in total. The predicted octanol–water partition coefficient (Wildman–Crippen LogP) is 6.05. The number of nitriles is 1. The van der Waals surface area contributed by atoms with Crippen LogP contribution in [0.15, 0.2) is 84.1 Å². The molecule has 2 N–H and O–H groups in total. The van der Waals surface area contributed by atoms with Crippen molar-refractivity contribution in [3.8, 4) is 23.2 Å². The van der Waals surface area contributed by atoms with Crippen molar-refractivity contribution >= 4 is 17.5 Å². The predicted molar refractivity (Wildman–Crippen MR) is 151 cm³/mol. The van der Waals surface area contributed by atoms with Crippen LogP contribution in [0.25, 0.3) is 11.4 Å². The Kier molecular flexibility index (Phi) is 6.67. The van der Waals surface area contributed by atoms with Crippen LogP contribution in [0.1, 0.15) is 50.4 Å². The summed E-state index contributed by atoms with van der Waals surface area (Å²) >= 11 is 0. The SMILES string of the molecule is COc1ccccc1NC(=O)C1=C(C)Nc2nc(-c3ccc(C(C)(C)C)cc3)nn2C1c1ccc(C#N)cc1. The smallest absolute Gasteiger partial charge is 0.255 e. The van der Waals surface area contributed by atoms with Crippen molar-refractivity contribution in [2.24, 2.45) is 0 Å². The van der Waals surface area contributed by atoms with E-state index < -0.39 is 6.04 Å². The number of methoxy groups -OCH3 is 1. The molecule has 1 aliphatic heterocycles. The molecule has 0 fully saturated rings. The van der Waals surface area contributed by atoms with E-state index in [2.05, 4.69) is 49.6 Å². The molecule has 1 unspecified atom stereocenters. The van der Waals surface area contributed by atoms with Gasteiger partial charge in [0.2, 0.25) is 5.95 Å². The van der Waals surface area contributed by atoms with Gasteiger partial charge in [0.1, 0.15) is 11.8 Å². The number of anilines is 2. The van der Waals surface area contributed by atoms with Gasteiger partial charge in [0.05, 0.1) is 30.0 Å². The Bertz CT molecular complexity index is 1600. The molecule has 2 heterocycles. The number of allylic oxidation sites excluding steroid dienone is 1. The number of rotatable bonds is 5. The van der Waals surface area contributed by atoms with Gasteiger partial charge in [-0.25, -0.2) is 4.68 Å². The Hall–Kier alpha value is -4.90. The maximum atomic E-state index is 13.8. The van der Waals surface area contributed by atoms with Crippen molar-refractivity contribution in [2.75, 3.05) is 17.7 Å². The van der Waals surface area contributed by atoms with E-state index in [1.807, 2.05) is 43.3 Å². The third-order valence-electron chi connectivity index (χ3n) is 6.82. The van der Waals surface area contributed by atoms with Crippen molar-refractivity contribution in [3.05, 3.63) is 101 Å². The molecule has 1 atom stereocenters. The summed E-state index contributed by atoms with van der Waals surface area (Å²) in [5.41, 5.74) is 5.18. The molecule has 0 radical (unpaired) electrons. The van der Waals surface area contributed by atoms with E-state index in [-0.39, 0.29) is 11.3 Å². The number of nitrogens with zero attached hydrogens (tertiary/aromatic N) is 4. The summed E-state index contributed by atoms with van der Waals surface area (Å²) in [6.07, 6.45) is 0. The fraction of sp³-hybridized carbons (Fsp3) is 0.226. The van der Waals surface area contributed by atoms with Gasteiger partial charge in [0.25, 0.3) is 5.91 Å². The average molecular weight is 519 g/mol. The molecule has 0 spiro atoms. The van der Waals surface area contributed by atoms with Crippen LogP contribution in [0.5, 0.6) is 5.75 Å². The third-order valence-corrected chi connectivity index (χ3v) is 6.82. The fourth-order valence-corrected chi connectivity index (χ4v) is 4.67. The molecular weight excluding hydrogens is 488 g/mol. The highest BCUT2D eigenvalue weighted by Gasteiger charge is 2.35. The lowest BCUT2D eigenvalue weighted by molar-refractivity contribution is -0.113. The quantitative estimate of drug-likeness (QED) is 0.333. The number of nitrogens with one attached hydrogen (secondary N) is 2. The molecule has 1 aromatic heterocycles. The van der Waals surface area contributed by atoms with Crippen LogP contribution in [0, 0.1) is 11.3 Å². The number of hydrogen-bond donors (Lipinski definition) is 2. The highest BCUT2D eigenvalue weighted by atomic mass is 16.5.